The molecule has 328 valence electrons. The lowest BCUT2D eigenvalue weighted by Crippen LogP contribution is -2.60. The van der Waals surface area contributed by atoms with E-state index in [4.69, 9.17) is 4.74 Å². The van der Waals surface area contributed by atoms with E-state index in [-0.39, 0.29) is 42.7 Å². The third kappa shape index (κ3) is 11.4. The number of hydrogen-bond donors (Lipinski definition) is 6. The van der Waals surface area contributed by atoms with Crippen LogP contribution < -0.4 is 21.3 Å². The number of rotatable bonds is 4. The zero-order valence-electron chi connectivity index (χ0n) is 35.1. The predicted octanol–water partition coefficient (Wildman–Crippen LogP) is -1.20. The molecular weight excluding hydrogens is 789 g/mol. The SMILES string of the molecule is C/C=C1/NC(=O)[C@@H]2CSC(=N2)[C@@H]2CCCN2C(=O)[C@@H](CC(C)C)NC(=O)[C@H](C)NC(=O)[C@@H](O)COC(=O)C(C(C)C)N(C)C(=O)[C@H]([C@@H](C)O)NC(=O)[C@@H]2CCCN2C1=O. The van der Waals surface area contributed by atoms with Crippen LogP contribution in [0.3, 0.4) is 0 Å². The van der Waals surface area contributed by atoms with E-state index in [1.165, 1.54) is 43.6 Å². The molecule has 0 aromatic carbocycles. The maximum absolute atomic E-state index is 14.1. The number of amides is 7. The summed E-state index contributed by atoms with van der Waals surface area (Å²) in [5, 5.41) is 32.2. The summed E-state index contributed by atoms with van der Waals surface area (Å²) in [6, 6.07) is -7.40. The Kier molecular flexibility index (Phi) is 16.5. The van der Waals surface area contributed by atoms with Gasteiger partial charge in [0, 0.05) is 25.9 Å². The Hall–Kier alpha value is -4.56. The lowest BCUT2D eigenvalue weighted by Gasteiger charge is -2.34. The fraction of sp³-hybridized carbons (Fsp3) is 0.718. The number of cyclic esters (lactones) is 1. The van der Waals surface area contributed by atoms with Gasteiger partial charge in [-0.15, -0.1) is 11.8 Å². The molecule has 7 amide bonds. The zero-order valence-corrected chi connectivity index (χ0v) is 35.9. The molecule has 4 rings (SSSR count). The van der Waals surface area contributed by atoms with E-state index < -0.39 is 108 Å². The third-order valence-electron chi connectivity index (χ3n) is 10.8. The Morgan fingerprint density at radius 1 is 0.864 bits per heavy atom. The second kappa shape index (κ2) is 20.6. The molecule has 0 radical (unpaired) electrons. The van der Waals surface area contributed by atoms with Gasteiger partial charge < -0.3 is 50.9 Å². The molecule has 20 heteroatoms. The van der Waals surface area contributed by atoms with Crippen molar-refractivity contribution >= 4 is 64.1 Å². The highest BCUT2D eigenvalue weighted by Crippen LogP contribution is 2.30. The van der Waals surface area contributed by atoms with Crippen LogP contribution >= 0.6 is 11.8 Å². The summed E-state index contributed by atoms with van der Waals surface area (Å²) in [5.41, 5.74) is -0.0711. The molecule has 4 aliphatic rings. The van der Waals surface area contributed by atoms with Gasteiger partial charge in [-0.2, -0.15) is 0 Å². The molecule has 0 saturated carbocycles. The van der Waals surface area contributed by atoms with Crippen LogP contribution in [0.4, 0.5) is 0 Å². The van der Waals surface area contributed by atoms with Crippen LogP contribution in [-0.4, -0.2) is 164 Å². The normalized spacial score (nSPS) is 31.6. The maximum atomic E-state index is 14.1. The fourth-order valence-corrected chi connectivity index (χ4v) is 8.85. The van der Waals surface area contributed by atoms with Gasteiger partial charge in [0.15, 0.2) is 6.10 Å². The number of aliphatic imine (C=N–C) groups is 1. The van der Waals surface area contributed by atoms with Gasteiger partial charge in [-0.3, -0.25) is 38.6 Å². The molecule has 0 aromatic heterocycles. The number of ether oxygens (including phenoxy) is 1. The lowest BCUT2D eigenvalue weighted by atomic mass is 10.0. The molecule has 59 heavy (non-hydrogen) atoms. The van der Waals surface area contributed by atoms with Gasteiger partial charge >= 0.3 is 5.97 Å². The van der Waals surface area contributed by atoms with Gasteiger partial charge in [-0.05, 0) is 64.7 Å². The van der Waals surface area contributed by atoms with Gasteiger partial charge in [0.2, 0.25) is 29.5 Å². The number of fused-ring (bicyclic) bond motifs is 4. The quantitative estimate of drug-likeness (QED) is 0.144. The van der Waals surface area contributed by atoms with Crippen molar-refractivity contribution in [1.29, 1.82) is 0 Å². The van der Waals surface area contributed by atoms with Gasteiger partial charge in [0.05, 0.1) is 17.2 Å². The minimum Gasteiger partial charge on any atom is -0.461 e. The number of thioether (sulfide) groups is 1. The van der Waals surface area contributed by atoms with Crippen LogP contribution in [0.5, 0.6) is 0 Å². The first-order chi connectivity index (χ1) is 27.8. The van der Waals surface area contributed by atoms with Crippen LogP contribution in [0.1, 0.15) is 80.6 Å². The van der Waals surface area contributed by atoms with E-state index in [1.54, 1.807) is 25.7 Å². The second-order valence-electron chi connectivity index (χ2n) is 16.3. The molecule has 2 fully saturated rings. The van der Waals surface area contributed by atoms with Crippen molar-refractivity contribution in [2.45, 2.75) is 135 Å². The fourth-order valence-electron chi connectivity index (χ4n) is 7.66. The zero-order chi connectivity index (χ0) is 43.9. The number of nitrogens with one attached hydrogen (secondary N) is 4. The number of aliphatic hydroxyl groups is 2. The third-order valence-corrected chi connectivity index (χ3v) is 12.0. The Morgan fingerprint density at radius 3 is 2.12 bits per heavy atom. The molecule has 6 N–H and O–H groups in total. The van der Waals surface area contributed by atoms with Crippen molar-refractivity contribution in [2.75, 3.05) is 32.5 Å². The second-order valence-corrected chi connectivity index (χ2v) is 17.3. The Labute approximate surface area is 348 Å². The predicted molar refractivity (Wildman–Crippen MR) is 216 cm³/mol. The summed E-state index contributed by atoms with van der Waals surface area (Å²) in [4.78, 5) is 117. The van der Waals surface area contributed by atoms with Gasteiger partial charge in [-0.1, -0.05) is 33.8 Å². The van der Waals surface area contributed by atoms with E-state index in [1.807, 2.05) is 13.8 Å². The van der Waals surface area contributed by atoms with Crippen LogP contribution in [-0.2, 0) is 43.1 Å². The average Bonchev–Trinajstić information content (AvgIpc) is 3.97. The Balaban J connectivity index is 1.66. The van der Waals surface area contributed by atoms with Crippen LogP contribution in [0, 0.1) is 11.8 Å². The smallest absolute Gasteiger partial charge is 0.329 e. The molecule has 4 aliphatic heterocycles. The first-order valence-corrected chi connectivity index (χ1v) is 21.2. The molecule has 0 spiro atoms. The van der Waals surface area contributed by atoms with E-state index in [2.05, 4.69) is 26.3 Å². The minimum atomic E-state index is -1.91. The van der Waals surface area contributed by atoms with Crippen LogP contribution in [0.2, 0.25) is 0 Å². The number of esters is 1. The van der Waals surface area contributed by atoms with E-state index in [9.17, 15) is 48.6 Å². The average molecular weight is 849 g/mol. The standard InChI is InChI=1S/C39H60N8O11S/c1-9-23-36(54)46-14-10-12-26(46)33(52)44-29(22(7)48)38(56)45(8)30(20(4)5)39(57)58-17-28(49)34(53)40-21(6)31(50)42-24(16-19(2)3)37(55)47-15-11-13-27(47)35-43-25(18-59-35)32(51)41-23/h9,19-22,24-30,48-49H,10-18H2,1-8H3,(H,40,53)(H,41,51)(H,42,50)(H,44,52)/b23-9+/t21-,22+,24+,25-,26-,27-,28-,29-,30?/m0/s1. The molecule has 9 atom stereocenters. The Bertz CT molecular complexity index is 1700. The van der Waals surface area contributed by atoms with Crippen LogP contribution in [0.25, 0.3) is 0 Å². The van der Waals surface area contributed by atoms with Gasteiger partial charge in [0.25, 0.3) is 11.8 Å². The highest BCUT2D eigenvalue weighted by molar-refractivity contribution is 8.14. The highest BCUT2D eigenvalue weighted by atomic mass is 32.2. The van der Waals surface area contributed by atoms with Crippen molar-refractivity contribution in [2.24, 2.45) is 16.8 Å². The number of aliphatic hydroxyl groups excluding tert-OH is 2. The van der Waals surface area contributed by atoms with Crippen molar-refractivity contribution in [3.8, 4) is 0 Å². The number of nitrogens with zero attached hydrogens (tertiary/aromatic N) is 4. The minimum absolute atomic E-state index is 0.0114. The molecule has 4 heterocycles. The van der Waals surface area contributed by atoms with Gasteiger partial charge in [-0.25, -0.2) is 4.79 Å². The van der Waals surface area contributed by atoms with Crippen molar-refractivity contribution in [3.05, 3.63) is 11.8 Å². The highest BCUT2D eigenvalue weighted by Gasteiger charge is 2.43. The van der Waals surface area contributed by atoms with Crippen molar-refractivity contribution < 1.29 is 53.3 Å². The van der Waals surface area contributed by atoms with E-state index >= 15 is 0 Å². The van der Waals surface area contributed by atoms with Gasteiger partial charge in [0.1, 0.15) is 48.6 Å². The molecular formula is C39H60N8O11S. The lowest BCUT2D eigenvalue weighted by molar-refractivity contribution is -0.161. The monoisotopic (exact) mass is 848 g/mol. The summed E-state index contributed by atoms with van der Waals surface area (Å²) in [5.74, 6) is -6.15. The van der Waals surface area contributed by atoms with Crippen molar-refractivity contribution in [3.63, 3.8) is 0 Å². The molecule has 0 aromatic rings. The molecule has 19 nitrogen and oxygen atoms in total. The summed E-state index contributed by atoms with van der Waals surface area (Å²) in [7, 11) is 1.28. The molecule has 1 unspecified atom stereocenters. The molecule has 0 aliphatic carbocycles. The first-order valence-electron chi connectivity index (χ1n) is 20.3. The maximum Gasteiger partial charge on any atom is 0.329 e. The summed E-state index contributed by atoms with van der Waals surface area (Å²) >= 11 is 1.33. The number of carbonyl (C=O) groups excluding carboxylic acids is 8. The topological polar surface area (TPSA) is 256 Å². The first kappa shape index (κ1) is 47.1. The molecule has 2 saturated heterocycles. The van der Waals surface area contributed by atoms with Crippen LogP contribution in [0.15, 0.2) is 16.8 Å². The van der Waals surface area contributed by atoms with E-state index in [0.29, 0.717) is 30.9 Å². The summed E-state index contributed by atoms with van der Waals surface area (Å²) in [6.45, 7) is 11.0. The number of hydrogen-bond acceptors (Lipinski definition) is 13. The summed E-state index contributed by atoms with van der Waals surface area (Å²) < 4.78 is 5.27. The number of allylic oxidation sites excluding steroid dienone is 1. The Morgan fingerprint density at radius 2 is 1.51 bits per heavy atom. The number of likely N-dealkylation sites (N-methyl/N-ethyl adjacent to an activating group) is 1. The van der Waals surface area contributed by atoms with Crippen molar-refractivity contribution in [1.82, 2.24) is 36.0 Å². The van der Waals surface area contributed by atoms with E-state index in [0.717, 1.165) is 4.90 Å². The molecule has 2 bridgehead atoms. The largest absolute Gasteiger partial charge is 0.461 e. The summed E-state index contributed by atoms with van der Waals surface area (Å²) in [6.07, 6.45) is 0.271. The number of carbonyl (C=O) groups is 8.